The standard InChI is InChI=1S/C14H14N2O3/c1-9(17)14(18)19-13-11(15)7-8-12(16-13)10-5-3-2-4-6-10/h2-8,13,16H,15H2,1H3. The Hall–Kier alpha value is -2.56. The van der Waals surface area contributed by atoms with Crippen molar-refractivity contribution in [2.75, 3.05) is 0 Å². The highest BCUT2D eigenvalue weighted by Crippen LogP contribution is 2.17. The van der Waals surface area contributed by atoms with Gasteiger partial charge in [-0.2, -0.15) is 0 Å². The number of hydrogen-bond acceptors (Lipinski definition) is 5. The molecule has 0 bridgehead atoms. The highest BCUT2D eigenvalue weighted by molar-refractivity contribution is 6.32. The Morgan fingerprint density at radius 2 is 1.89 bits per heavy atom. The molecule has 0 spiro atoms. The predicted molar refractivity (Wildman–Crippen MR) is 70.4 cm³/mol. The lowest BCUT2D eigenvalue weighted by atomic mass is 10.1. The van der Waals surface area contributed by atoms with Gasteiger partial charge in [0.05, 0.1) is 5.70 Å². The molecular formula is C14H14N2O3. The summed E-state index contributed by atoms with van der Waals surface area (Å²) in [6, 6.07) is 9.53. The molecular weight excluding hydrogens is 244 g/mol. The summed E-state index contributed by atoms with van der Waals surface area (Å²) in [5.41, 5.74) is 7.79. The summed E-state index contributed by atoms with van der Waals surface area (Å²) in [7, 11) is 0. The zero-order valence-electron chi connectivity index (χ0n) is 10.4. The lowest BCUT2D eigenvalue weighted by molar-refractivity contribution is -0.156. The van der Waals surface area contributed by atoms with Crippen molar-refractivity contribution in [3.05, 3.63) is 53.7 Å². The Morgan fingerprint density at radius 3 is 2.53 bits per heavy atom. The Kier molecular flexibility index (Phi) is 3.66. The predicted octanol–water partition coefficient (Wildman–Crippen LogP) is 0.932. The molecule has 1 aromatic carbocycles. The molecule has 0 saturated heterocycles. The summed E-state index contributed by atoms with van der Waals surface area (Å²) in [5.74, 6) is -1.58. The van der Waals surface area contributed by atoms with E-state index in [1.807, 2.05) is 30.3 Å². The molecule has 1 aromatic rings. The van der Waals surface area contributed by atoms with E-state index in [1.165, 1.54) is 0 Å². The van der Waals surface area contributed by atoms with E-state index in [4.69, 9.17) is 10.5 Å². The zero-order chi connectivity index (χ0) is 13.8. The summed E-state index contributed by atoms with van der Waals surface area (Å²) in [6.45, 7) is 1.15. The van der Waals surface area contributed by atoms with E-state index < -0.39 is 18.0 Å². The van der Waals surface area contributed by atoms with Crippen LogP contribution in [0.3, 0.4) is 0 Å². The van der Waals surface area contributed by atoms with Gasteiger partial charge in [0.15, 0.2) is 0 Å². The second-order valence-corrected chi connectivity index (χ2v) is 4.10. The van der Waals surface area contributed by atoms with Crippen molar-refractivity contribution in [3.8, 4) is 0 Å². The number of benzene rings is 1. The fraction of sp³-hybridized carbons (Fsp3) is 0.143. The minimum atomic E-state index is -0.914. The molecule has 1 atom stereocenters. The number of rotatable bonds is 3. The molecule has 98 valence electrons. The Morgan fingerprint density at radius 1 is 1.21 bits per heavy atom. The van der Waals surface area contributed by atoms with Crippen LogP contribution in [0.1, 0.15) is 12.5 Å². The van der Waals surface area contributed by atoms with Gasteiger partial charge in [-0.3, -0.25) is 4.79 Å². The number of Topliss-reactive ketones (excluding diaryl/α,β-unsaturated/α-hetero) is 1. The Balaban J connectivity index is 2.15. The number of nitrogens with one attached hydrogen (secondary N) is 1. The van der Waals surface area contributed by atoms with Crippen molar-refractivity contribution in [2.24, 2.45) is 5.73 Å². The van der Waals surface area contributed by atoms with Crippen LogP contribution < -0.4 is 11.1 Å². The van der Waals surface area contributed by atoms with E-state index in [2.05, 4.69) is 5.32 Å². The molecule has 0 aliphatic carbocycles. The summed E-state index contributed by atoms with van der Waals surface area (Å²) < 4.78 is 4.98. The largest absolute Gasteiger partial charge is 0.430 e. The Bertz CT molecular complexity index is 561. The summed E-state index contributed by atoms with van der Waals surface area (Å²) >= 11 is 0. The number of carbonyl (C=O) groups is 2. The molecule has 0 fully saturated rings. The lowest BCUT2D eigenvalue weighted by Crippen LogP contribution is -2.40. The molecule has 0 radical (unpaired) electrons. The van der Waals surface area contributed by atoms with Crippen LogP contribution in [0.4, 0.5) is 0 Å². The highest BCUT2D eigenvalue weighted by Gasteiger charge is 2.22. The molecule has 0 aromatic heterocycles. The lowest BCUT2D eigenvalue weighted by Gasteiger charge is -2.24. The second-order valence-electron chi connectivity index (χ2n) is 4.10. The Labute approximate surface area is 110 Å². The van der Waals surface area contributed by atoms with E-state index in [9.17, 15) is 9.59 Å². The number of ketones is 1. The van der Waals surface area contributed by atoms with Gasteiger partial charge in [-0.15, -0.1) is 0 Å². The van der Waals surface area contributed by atoms with Gasteiger partial charge >= 0.3 is 5.97 Å². The zero-order valence-corrected chi connectivity index (χ0v) is 10.4. The van der Waals surface area contributed by atoms with Gasteiger partial charge in [0.25, 0.3) is 0 Å². The average Bonchev–Trinajstić information content (AvgIpc) is 2.42. The van der Waals surface area contributed by atoms with E-state index in [-0.39, 0.29) is 0 Å². The van der Waals surface area contributed by atoms with E-state index in [1.54, 1.807) is 12.2 Å². The fourth-order valence-electron chi connectivity index (χ4n) is 1.62. The molecule has 1 unspecified atom stereocenters. The van der Waals surface area contributed by atoms with Crippen LogP contribution in [0.15, 0.2) is 48.2 Å². The van der Waals surface area contributed by atoms with Gasteiger partial charge in [0.1, 0.15) is 0 Å². The highest BCUT2D eigenvalue weighted by atomic mass is 16.6. The molecule has 1 aliphatic heterocycles. The first kappa shape index (κ1) is 12.9. The maximum Gasteiger partial charge on any atom is 0.376 e. The molecule has 0 saturated carbocycles. The number of allylic oxidation sites excluding steroid dienone is 2. The number of ether oxygens (including phenoxy) is 1. The van der Waals surface area contributed by atoms with Crippen LogP contribution in [0.25, 0.3) is 5.70 Å². The average molecular weight is 258 g/mol. The third kappa shape index (κ3) is 3.01. The van der Waals surface area contributed by atoms with Gasteiger partial charge in [-0.1, -0.05) is 30.3 Å². The van der Waals surface area contributed by atoms with Crippen molar-refractivity contribution in [1.82, 2.24) is 5.32 Å². The fourth-order valence-corrected chi connectivity index (χ4v) is 1.62. The minimum absolute atomic E-state index is 0.342. The summed E-state index contributed by atoms with van der Waals surface area (Å²) in [6.07, 6.45) is 2.62. The van der Waals surface area contributed by atoms with Crippen LogP contribution in [0.2, 0.25) is 0 Å². The van der Waals surface area contributed by atoms with E-state index >= 15 is 0 Å². The molecule has 2 rings (SSSR count). The van der Waals surface area contributed by atoms with E-state index in [0.717, 1.165) is 18.2 Å². The summed E-state index contributed by atoms with van der Waals surface area (Å²) in [4.78, 5) is 22.2. The van der Waals surface area contributed by atoms with Crippen molar-refractivity contribution >= 4 is 17.4 Å². The maximum atomic E-state index is 11.3. The first-order valence-corrected chi connectivity index (χ1v) is 5.79. The van der Waals surface area contributed by atoms with E-state index in [0.29, 0.717) is 5.70 Å². The first-order chi connectivity index (χ1) is 9.08. The van der Waals surface area contributed by atoms with Crippen molar-refractivity contribution in [2.45, 2.75) is 13.2 Å². The number of dihydropyridines is 1. The molecule has 19 heavy (non-hydrogen) atoms. The van der Waals surface area contributed by atoms with Gasteiger partial charge < -0.3 is 15.8 Å². The molecule has 0 amide bonds. The van der Waals surface area contributed by atoms with Crippen LogP contribution >= 0.6 is 0 Å². The normalized spacial score (nSPS) is 17.8. The maximum absolute atomic E-state index is 11.3. The molecule has 1 heterocycles. The van der Waals surface area contributed by atoms with Crippen LogP contribution in [0, 0.1) is 0 Å². The molecule has 5 nitrogen and oxygen atoms in total. The van der Waals surface area contributed by atoms with Gasteiger partial charge in [-0.05, 0) is 17.7 Å². The van der Waals surface area contributed by atoms with Crippen LogP contribution in [-0.2, 0) is 14.3 Å². The smallest absolute Gasteiger partial charge is 0.376 e. The number of esters is 1. The van der Waals surface area contributed by atoms with Crippen molar-refractivity contribution in [1.29, 1.82) is 0 Å². The first-order valence-electron chi connectivity index (χ1n) is 5.79. The third-order valence-electron chi connectivity index (χ3n) is 2.63. The number of nitrogens with two attached hydrogens (primary N) is 1. The molecule has 1 aliphatic rings. The van der Waals surface area contributed by atoms with Gasteiger partial charge in [0, 0.05) is 12.6 Å². The third-order valence-corrected chi connectivity index (χ3v) is 2.63. The SMILES string of the molecule is CC(=O)C(=O)OC1NC(c2ccccc2)=CC=C1N. The minimum Gasteiger partial charge on any atom is -0.430 e. The quantitative estimate of drug-likeness (QED) is 0.622. The van der Waals surface area contributed by atoms with Gasteiger partial charge in [-0.25, -0.2) is 4.79 Å². The monoisotopic (exact) mass is 258 g/mol. The molecule has 3 N–H and O–H groups in total. The second kappa shape index (κ2) is 5.39. The topological polar surface area (TPSA) is 81.4 Å². The van der Waals surface area contributed by atoms with Crippen LogP contribution in [-0.4, -0.2) is 18.0 Å². The van der Waals surface area contributed by atoms with Crippen molar-refractivity contribution in [3.63, 3.8) is 0 Å². The van der Waals surface area contributed by atoms with Gasteiger partial charge in [0.2, 0.25) is 12.0 Å². The van der Waals surface area contributed by atoms with Crippen LogP contribution in [0.5, 0.6) is 0 Å². The number of carbonyl (C=O) groups excluding carboxylic acids is 2. The van der Waals surface area contributed by atoms with Crippen molar-refractivity contribution < 1.29 is 14.3 Å². The molecule has 5 heteroatoms. The number of hydrogen-bond donors (Lipinski definition) is 2. The summed E-state index contributed by atoms with van der Waals surface area (Å²) in [5, 5.41) is 2.98.